The first-order valence-corrected chi connectivity index (χ1v) is 9.76. The van der Waals surface area contributed by atoms with Crippen molar-refractivity contribution in [3.63, 3.8) is 0 Å². The largest absolute Gasteiger partial charge is 0.324 e. The summed E-state index contributed by atoms with van der Waals surface area (Å²) in [5.41, 5.74) is 0.532. The third kappa shape index (κ3) is 3.53. The Balaban J connectivity index is 1.68. The Kier molecular flexibility index (Phi) is 5.32. The van der Waals surface area contributed by atoms with E-state index in [4.69, 9.17) is 11.6 Å². The average Bonchev–Trinajstić information content (AvgIpc) is 2.73. The van der Waals surface area contributed by atoms with Crippen molar-refractivity contribution in [2.75, 3.05) is 11.9 Å². The molecule has 1 saturated heterocycles. The number of fused-ring (bicyclic) bond motifs is 1. The number of carbonyl (C=O) groups is 3. The summed E-state index contributed by atoms with van der Waals surface area (Å²) in [4.78, 5) is 38.6. The molecule has 2 aliphatic rings. The number of alkyl halides is 2. The van der Waals surface area contributed by atoms with Gasteiger partial charge in [0.15, 0.2) is 0 Å². The predicted octanol–water partition coefficient (Wildman–Crippen LogP) is 3.20. The van der Waals surface area contributed by atoms with Crippen LogP contribution in [-0.2, 0) is 14.4 Å². The zero-order valence-electron chi connectivity index (χ0n) is 12.5. The summed E-state index contributed by atoms with van der Waals surface area (Å²) in [5, 5.41) is 3.16. The van der Waals surface area contributed by atoms with E-state index < -0.39 is 5.91 Å². The summed E-state index contributed by atoms with van der Waals surface area (Å²) >= 11 is 13.0. The van der Waals surface area contributed by atoms with Crippen molar-refractivity contribution in [2.24, 2.45) is 11.8 Å². The topological polar surface area (TPSA) is 66.5 Å². The number of carbonyl (C=O) groups excluding carboxylic acids is 3. The fraction of sp³-hybridized carbons (Fsp3) is 0.438. The Morgan fingerprint density at radius 1 is 1.17 bits per heavy atom. The lowest BCUT2D eigenvalue weighted by Gasteiger charge is -2.29. The minimum absolute atomic E-state index is 0.149. The normalized spacial score (nSPS) is 29.5. The Bertz CT molecular complexity index is 672. The van der Waals surface area contributed by atoms with Gasteiger partial charge in [-0.3, -0.25) is 19.3 Å². The Morgan fingerprint density at radius 3 is 2.29 bits per heavy atom. The number of nitrogens with one attached hydrogen (secondary N) is 1. The number of anilines is 1. The fourth-order valence-electron chi connectivity index (χ4n) is 3.23. The van der Waals surface area contributed by atoms with Gasteiger partial charge in [0.25, 0.3) is 0 Å². The molecule has 1 heterocycles. The highest BCUT2D eigenvalue weighted by atomic mass is 79.9. The van der Waals surface area contributed by atoms with Crippen molar-refractivity contribution in [3.8, 4) is 0 Å². The molecule has 1 N–H and O–H groups in total. The van der Waals surface area contributed by atoms with E-state index in [1.807, 2.05) is 0 Å². The minimum Gasteiger partial charge on any atom is -0.324 e. The molecule has 0 bridgehead atoms. The maximum atomic E-state index is 12.5. The first-order valence-electron chi connectivity index (χ1n) is 7.55. The van der Waals surface area contributed by atoms with Crippen LogP contribution in [0.5, 0.6) is 0 Å². The Hall–Kier alpha value is -0.920. The van der Waals surface area contributed by atoms with Crippen LogP contribution in [0.2, 0.25) is 5.02 Å². The minimum atomic E-state index is -0.414. The van der Waals surface area contributed by atoms with Crippen molar-refractivity contribution < 1.29 is 14.4 Å². The Morgan fingerprint density at radius 2 is 1.75 bits per heavy atom. The predicted molar refractivity (Wildman–Crippen MR) is 98.4 cm³/mol. The molecule has 0 spiro atoms. The molecule has 3 rings (SSSR count). The van der Waals surface area contributed by atoms with Crippen LogP contribution in [0.4, 0.5) is 5.69 Å². The number of rotatable bonds is 3. The van der Waals surface area contributed by atoms with E-state index in [-0.39, 0.29) is 39.8 Å². The zero-order valence-corrected chi connectivity index (χ0v) is 16.5. The van der Waals surface area contributed by atoms with Crippen LogP contribution in [0.3, 0.4) is 0 Å². The van der Waals surface area contributed by atoms with Gasteiger partial charge in [0.1, 0.15) is 6.54 Å². The maximum absolute atomic E-state index is 12.5. The molecule has 1 aromatic rings. The SMILES string of the molecule is O=C(CN1C(=O)[C@H]2C[C@@H](Br)[C@@H](Br)C[C@H]2C1=O)Nc1cccc(Cl)c1. The molecule has 1 aromatic carbocycles. The lowest BCUT2D eigenvalue weighted by atomic mass is 9.81. The van der Waals surface area contributed by atoms with Crippen LogP contribution in [0, 0.1) is 11.8 Å². The second kappa shape index (κ2) is 7.14. The molecule has 24 heavy (non-hydrogen) atoms. The van der Waals surface area contributed by atoms with Crippen LogP contribution >= 0.6 is 43.5 Å². The average molecular weight is 479 g/mol. The number of imide groups is 1. The van der Waals surface area contributed by atoms with E-state index >= 15 is 0 Å². The van der Waals surface area contributed by atoms with Gasteiger partial charge in [-0.15, -0.1) is 0 Å². The second-order valence-corrected chi connectivity index (χ2v) is 8.83. The number of halogens is 3. The van der Waals surface area contributed by atoms with Crippen molar-refractivity contribution in [1.82, 2.24) is 4.90 Å². The molecule has 0 aromatic heterocycles. The molecule has 1 aliphatic carbocycles. The number of benzene rings is 1. The van der Waals surface area contributed by atoms with Crippen molar-refractivity contribution >= 4 is 66.9 Å². The van der Waals surface area contributed by atoms with Gasteiger partial charge in [-0.1, -0.05) is 49.5 Å². The first-order chi connectivity index (χ1) is 11.4. The summed E-state index contributed by atoms with van der Waals surface area (Å²) in [6.07, 6.45) is 1.19. The van der Waals surface area contributed by atoms with Crippen molar-refractivity contribution in [3.05, 3.63) is 29.3 Å². The molecule has 0 unspecified atom stereocenters. The molecule has 0 radical (unpaired) electrons. The molecule has 4 atom stereocenters. The first kappa shape index (κ1) is 17.9. The van der Waals surface area contributed by atoms with Gasteiger partial charge in [-0.2, -0.15) is 0 Å². The molecule has 5 nitrogen and oxygen atoms in total. The molecule has 1 saturated carbocycles. The smallest absolute Gasteiger partial charge is 0.244 e. The van der Waals surface area contributed by atoms with Crippen LogP contribution in [0.25, 0.3) is 0 Å². The van der Waals surface area contributed by atoms with Crippen LogP contribution in [-0.4, -0.2) is 38.8 Å². The van der Waals surface area contributed by atoms with Crippen LogP contribution < -0.4 is 5.32 Å². The monoisotopic (exact) mass is 476 g/mol. The summed E-state index contributed by atoms with van der Waals surface area (Å²) < 4.78 is 0. The number of likely N-dealkylation sites (tertiary alicyclic amines) is 1. The van der Waals surface area contributed by atoms with Crippen molar-refractivity contribution in [2.45, 2.75) is 22.5 Å². The van der Waals surface area contributed by atoms with Gasteiger partial charge in [-0.05, 0) is 31.0 Å². The van der Waals surface area contributed by atoms with Gasteiger partial charge in [-0.25, -0.2) is 0 Å². The zero-order chi connectivity index (χ0) is 17.4. The summed E-state index contributed by atoms with van der Waals surface area (Å²) in [7, 11) is 0. The van der Waals surface area contributed by atoms with Crippen molar-refractivity contribution in [1.29, 1.82) is 0 Å². The van der Waals surface area contributed by atoms with Gasteiger partial charge in [0.2, 0.25) is 17.7 Å². The molecular weight excluding hydrogens is 463 g/mol. The summed E-state index contributed by atoms with van der Waals surface area (Å²) in [6.45, 7) is -0.267. The maximum Gasteiger partial charge on any atom is 0.244 e. The molecular formula is C16H15Br2ClN2O3. The van der Waals surface area contributed by atoms with E-state index in [0.29, 0.717) is 23.6 Å². The highest BCUT2D eigenvalue weighted by Crippen LogP contribution is 2.43. The number of hydrogen-bond acceptors (Lipinski definition) is 3. The number of nitrogens with zero attached hydrogens (tertiary/aromatic N) is 1. The third-order valence-corrected chi connectivity index (χ3v) is 7.38. The standard InChI is InChI=1S/C16H15Br2ClN2O3/c17-12-5-10-11(6-13(12)18)16(24)21(15(10)23)7-14(22)20-9-3-1-2-8(19)4-9/h1-4,10-13H,5-7H2,(H,20,22)/t10-,11+,12+,13-. The summed E-state index contributed by atoms with van der Waals surface area (Å²) in [6, 6.07) is 6.72. The molecule has 8 heteroatoms. The second-order valence-electron chi connectivity index (χ2n) is 6.04. The van der Waals surface area contributed by atoms with Gasteiger partial charge in [0.05, 0.1) is 11.8 Å². The Labute approximate surface area is 161 Å². The van der Waals surface area contributed by atoms with E-state index in [2.05, 4.69) is 37.2 Å². The summed E-state index contributed by atoms with van der Waals surface area (Å²) in [5.74, 6) is -1.60. The fourth-order valence-corrected chi connectivity index (χ4v) is 4.66. The van der Waals surface area contributed by atoms with Gasteiger partial charge >= 0.3 is 0 Å². The number of hydrogen-bond donors (Lipinski definition) is 1. The molecule has 1 aliphatic heterocycles. The van der Waals surface area contributed by atoms with Gasteiger partial charge in [0, 0.05) is 20.4 Å². The quantitative estimate of drug-likeness (QED) is 0.536. The lowest BCUT2D eigenvalue weighted by molar-refractivity contribution is -0.142. The third-order valence-electron chi connectivity index (χ3n) is 4.41. The van der Waals surface area contributed by atoms with Gasteiger partial charge < -0.3 is 5.32 Å². The highest BCUT2D eigenvalue weighted by molar-refractivity contribution is 9.12. The lowest BCUT2D eigenvalue weighted by Crippen LogP contribution is -2.38. The molecule has 128 valence electrons. The van der Waals surface area contributed by atoms with E-state index in [9.17, 15) is 14.4 Å². The van der Waals surface area contributed by atoms with E-state index in [1.54, 1.807) is 24.3 Å². The van der Waals surface area contributed by atoms with E-state index in [0.717, 1.165) is 4.90 Å². The van der Waals surface area contributed by atoms with Crippen LogP contribution in [0.15, 0.2) is 24.3 Å². The van der Waals surface area contributed by atoms with E-state index in [1.165, 1.54) is 0 Å². The van der Waals surface area contributed by atoms with Crippen LogP contribution in [0.1, 0.15) is 12.8 Å². The molecule has 2 fully saturated rings. The molecule has 3 amide bonds. The number of amides is 3. The highest BCUT2D eigenvalue weighted by Gasteiger charge is 2.52.